The fraction of sp³-hybridized carbons (Fsp3) is 0.250. The summed E-state index contributed by atoms with van der Waals surface area (Å²) in [5.41, 5.74) is 0.0841. The molecule has 104 valence electrons. The highest BCUT2D eigenvalue weighted by atomic mass is 35.5. The number of rotatable bonds is 3. The number of nitriles is 1. The van der Waals surface area contributed by atoms with Gasteiger partial charge in [0.1, 0.15) is 17.2 Å². The van der Waals surface area contributed by atoms with E-state index in [-0.39, 0.29) is 5.57 Å². The summed E-state index contributed by atoms with van der Waals surface area (Å²) >= 11 is 6.10. The van der Waals surface area contributed by atoms with Crippen LogP contribution in [0.3, 0.4) is 0 Å². The Bertz CT molecular complexity index is 575. The van der Waals surface area contributed by atoms with E-state index in [1.165, 1.54) is 12.2 Å². The molecule has 20 heavy (non-hydrogen) atoms. The molecule has 0 bridgehead atoms. The largest absolute Gasteiger partial charge is 0.456 e. The van der Waals surface area contributed by atoms with Crippen LogP contribution >= 0.6 is 11.6 Å². The summed E-state index contributed by atoms with van der Waals surface area (Å²) < 4.78 is 5.13. The highest BCUT2D eigenvalue weighted by Gasteiger charge is 2.19. The van der Waals surface area contributed by atoms with E-state index in [0.29, 0.717) is 5.03 Å². The van der Waals surface area contributed by atoms with Crippen molar-refractivity contribution >= 4 is 22.6 Å². The van der Waals surface area contributed by atoms with Crippen LogP contribution < -0.4 is 0 Å². The van der Waals surface area contributed by atoms with Crippen molar-refractivity contribution in [2.75, 3.05) is 0 Å². The molecule has 4 heteroatoms. The third kappa shape index (κ3) is 5.29. The lowest BCUT2D eigenvalue weighted by molar-refractivity contribution is -0.149. The van der Waals surface area contributed by atoms with Gasteiger partial charge in [0.25, 0.3) is 0 Å². The lowest BCUT2D eigenvalue weighted by Crippen LogP contribution is -2.24. The Balaban J connectivity index is 2.91. The number of allylic oxidation sites excluding steroid dienone is 2. The fourth-order valence-corrected chi connectivity index (χ4v) is 1.52. The average molecular weight is 290 g/mol. The van der Waals surface area contributed by atoms with Gasteiger partial charge in [0.2, 0.25) is 0 Å². The second-order valence-electron chi connectivity index (χ2n) is 5.07. The van der Waals surface area contributed by atoms with E-state index in [0.717, 1.165) is 5.56 Å². The number of carbonyl (C=O) groups excluding carboxylic acids is 1. The van der Waals surface area contributed by atoms with Crippen LogP contribution in [-0.4, -0.2) is 11.6 Å². The second-order valence-corrected chi connectivity index (χ2v) is 5.48. The number of ether oxygens (including phenoxy) is 1. The van der Waals surface area contributed by atoms with Gasteiger partial charge >= 0.3 is 5.97 Å². The van der Waals surface area contributed by atoms with Crippen LogP contribution in [0.1, 0.15) is 26.3 Å². The molecule has 1 rings (SSSR count). The molecular formula is C16H16ClNO2. The molecule has 0 aliphatic carbocycles. The summed E-state index contributed by atoms with van der Waals surface area (Å²) in [6.45, 7) is 5.23. The zero-order chi connectivity index (χ0) is 15.2. The molecule has 0 spiro atoms. The maximum absolute atomic E-state index is 11.8. The van der Waals surface area contributed by atoms with Gasteiger partial charge in [-0.25, -0.2) is 4.79 Å². The van der Waals surface area contributed by atoms with Gasteiger partial charge in [-0.2, -0.15) is 5.26 Å². The smallest absolute Gasteiger partial charge is 0.349 e. The summed E-state index contributed by atoms with van der Waals surface area (Å²) in [7, 11) is 0. The standard InChI is InChI=1S/C16H16ClNO2/c1-16(2,3)20-15(19)13(11-18)9-10-14(17)12-7-5-4-6-8-12/h4-10H,1-3H3/b13-9+,14-10-. The van der Waals surface area contributed by atoms with Crippen LogP contribution in [0.2, 0.25) is 0 Å². The molecule has 0 atom stereocenters. The van der Waals surface area contributed by atoms with Crippen molar-refractivity contribution in [1.29, 1.82) is 5.26 Å². The highest BCUT2D eigenvalue weighted by Crippen LogP contribution is 2.19. The Hall–Kier alpha value is -2.05. The van der Waals surface area contributed by atoms with Gasteiger partial charge in [-0.1, -0.05) is 41.9 Å². The molecule has 0 amide bonds. The molecule has 0 N–H and O–H groups in total. The number of nitrogens with zero attached hydrogens (tertiary/aromatic N) is 1. The molecule has 0 aliphatic rings. The number of esters is 1. The molecule has 0 unspecified atom stereocenters. The first-order valence-corrected chi connectivity index (χ1v) is 6.47. The molecule has 0 fully saturated rings. The van der Waals surface area contributed by atoms with Gasteiger partial charge in [0.05, 0.1) is 0 Å². The van der Waals surface area contributed by atoms with Crippen LogP contribution in [0.25, 0.3) is 5.03 Å². The number of benzene rings is 1. The summed E-state index contributed by atoms with van der Waals surface area (Å²) in [6.07, 6.45) is 2.88. The first kappa shape index (κ1) is 16.0. The number of hydrogen-bond donors (Lipinski definition) is 0. The average Bonchev–Trinajstić information content (AvgIpc) is 2.38. The molecule has 0 heterocycles. The molecule has 0 saturated carbocycles. The van der Waals surface area contributed by atoms with Crippen LogP contribution in [0.5, 0.6) is 0 Å². The Morgan fingerprint density at radius 3 is 2.35 bits per heavy atom. The SMILES string of the molecule is CC(C)(C)OC(=O)/C(C#N)=C/C=C(\Cl)c1ccccc1. The first-order valence-electron chi connectivity index (χ1n) is 6.10. The summed E-state index contributed by atoms with van der Waals surface area (Å²) in [5, 5.41) is 9.43. The molecule has 1 aromatic carbocycles. The number of halogens is 1. The van der Waals surface area contributed by atoms with E-state index in [2.05, 4.69) is 0 Å². The van der Waals surface area contributed by atoms with Gasteiger partial charge in [-0.15, -0.1) is 0 Å². The maximum atomic E-state index is 11.8. The number of carbonyl (C=O) groups is 1. The Morgan fingerprint density at radius 2 is 1.85 bits per heavy atom. The van der Waals surface area contributed by atoms with Crippen molar-refractivity contribution < 1.29 is 9.53 Å². The van der Waals surface area contributed by atoms with E-state index < -0.39 is 11.6 Å². The van der Waals surface area contributed by atoms with Gasteiger partial charge < -0.3 is 4.74 Å². The van der Waals surface area contributed by atoms with Crippen LogP contribution in [0.4, 0.5) is 0 Å². The minimum atomic E-state index is -0.659. The van der Waals surface area contributed by atoms with Crippen molar-refractivity contribution in [1.82, 2.24) is 0 Å². The summed E-state index contributed by atoms with van der Waals surface area (Å²) in [4.78, 5) is 11.8. The highest BCUT2D eigenvalue weighted by molar-refractivity contribution is 6.48. The normalized spacial score (nSPS) is 12.8. The van der Waals surface area contributed by atoms with E-state index >= 15 is 0 Å². The van der Waals surface area contributed by atoms with Gasteiger partial charge in [0, 0.05) is 5.03 Å². The molecular weight excluding hydrogens is 274 g/mol. The Morgan fingerprint density at radius 1 is 1.25 bits per heavy atom. The molecule has 0 aromatic heterocycles. The van der Waals surface area contributed by atoms with Crippen LogP contribution in [-0.2, 0) is 9.53 Å². The van der Waals surface area contributed by atoms with E-state index in [1.807, 2.05) is 36.4 Å². The lowest BCUT2D eigenvalue weighted by atomic mass is 10.1. The molecule has 0 saturated heterocycles. The maximum Gasteiger partial charge on any atom is 0.349 e. The number of hydrogen-bond acceptors (Lipinski definition) is 3. The van der Waals surface area contributed by atoms with Crippen molar-refractivity contribution in [3.63, 3.8) is 0 Å². The predicted octanol–water partition coefficient (Wildman–Crippen LogP) is 4.06. The quantitative estimate of drug-likeness (QED) is 0.365. The fourth-order valence-electron chi connectivity index (χ4n) is 1.33. The van der Waals surface area contributed by atoms with Gasteiger partial charge in [-0.3, -0.25) is 0 Å². The third-order valence-electron chi connectivity index (χ3n) is 2.19. The van der Waals surface area contributed by atoms with E-state index in [4.69, 9.17) is 21.6 Å². The first-order chi connectivity index (χ1) is 9.33. The van der Waals surface area contributed by atoms with Crippen LogP contribution in [0, 0.1) is 11.3 Å². The monoisotopic (exact) mass is 289 g/mol. The Labute approximate surface area is 124 Å². The molecule has 1 aromatic rings. The molecule has 0 aliphatic heterocycles. The van der Waals surface area contributed by atoms with Crippen molar-refractivity contribution in [2.45, 2.75) is 26.4 Å². The van der Waals surface area contributed by atoms with Crippen molar-refractivity contribution in [2.24, 2.45) is 0 Å². The van der Waals surface area contributed by atoms with Crippen molar-refractivity contribution in [3.8, 4) is 6.07 Å². The summed E-state index contributed by atoms with van der Waals surface area (Å²) in [6, 6.07) is 11.1. The Kier molecular flexibility index (Phi) is 5.54. The third-order valence-corrected chi connectivity index (χ3v) is 2.53. The lowest BCUT2D eigenvalue weighted by Gasteiger charge is -2.18. The van der Waals surface area contributed by atoms with E-state index in [9.17, 15) is 4.79 Å². The minimum absolute atomic E-state index is 0.0889. The minimum Gasteiger partial charge on any atom is -0.456 e. The predicted molar refractivity (Wildman–Crippen MR) is 79.8 cm³/mol. The van der Waals surface area contributed by atoms with Crippen molar-refractivity contribution in [3.05, 3.63) is 53.6 Å². The molecule has 3 nitrogen and oxygen atoms in total. The zero-order valence-corrected chi connectivity index (χ0v) is 12.4. The summed E-state index contributed by atoms with van der Waals surface area (Å²) in [5.74, 6) is -0.659. The second kappa shape index (κ2) is 6.93. The zero-order valence-electron chi connectivity index (χ0n) is 11.7. The van der Waals surface area contributed by atoms with Crippen LogP contribution in [0.15, 0.2) is 48.1 Å². The molecule has 0 radical (unpaired) electrons. The van der Waals surface area contributed by atoms with Gasteiger partial charge in [0.15, 0.2) is 0 Å². The topological polar surface area (TPSA) is 50.1 Å². The van der Waals surface area contributed by atoms with E-state index in [1.54, 1.807) is 20.8 Å². The van der Waals surface area contributed by atoms with Gasteiger partial charge in [-0.05, 0) is 38.5 Å².